The zero-order valence-electron chi connectivity index (χ0n) is 33.7. The van der Waals surface area contributed by atoms with Crippen molar-refractivity contribution in [2.24, 2.45) is 0 Å². The minimum atomic E-state index is -0.638. The van der Waals surface area contributed by atoms with E-state index in [-0.39, 0.29) is 0 Å². The summed E-state index contributed by atoms with van der Waals surface area (Å²) in [5.74, 6) is 0. The van der Waals surface area contributed by atoms with E-state index in [4.69, 9.17) is 0 Å². The molecule has 1 spiro atoms. The number of rotatable bonds is 6. The number of thiophene rings is 1. The van der Waals surface area contributed by atoms with Crippen LogP contribution in [0.3, 0.4) is 0 Å². The van der Waals surface area contributed by atoms with Crippen LogP contribution < -0.4 is 9.80 Å². The summed E-state index contributed by atoms with van der Waals surface area (Å²) in [4.78, 5) is 4.97. The summed E-state index contributed by atoms with van der Waals surface area (Å²) in [6.45, 7) is 0. The van der Waals surface area contributed by atoms with E-state index in [1.54, 1.807) is 0 Å². The third-order valence-electron chi connectivity index (χ3n) is 13.2. The molecule has 0 N–H and O–H groups in total. The molecule has 0 saturated carbocycles. The van der Waals surface area contributed by atoms with Gasteiger partial charge in [0.15, 0.2) is 0 Å². The van der Waals surface area contributed by atoms with Gasteiger partial charge in [0, 0.05) is 43.8 Å². The molecule has 1 heterocycles. The van der Waals surface area contributed by atoms with Crippen molar-refractivity contribution in [3.8, 4) is 22.3 Å². The maximum absolute atomic E-state index is 2.52. The summed E-state index contributed by atoms with van der Waals surface area (Å²) in [6.07, 6.45) is 0. The maximum atomic E-state index is 2.52. The van der Waals surface area contributed by atoms with Crippen LogP contribution in [0.5, 0.6) is 0 Å². The lowest BCUT2D eigenvalue weighted by Crippen LogP contribution is -2.28. The third kappa shape index (κ3) is 4.91. The van der Waals surface area contributed by atoms with Crippen molar-refractivity contribution in [3.63, 3.8) is 0 Å². The monoisotopic (exact) mass is 806 g/mol. The lowest BCUT2D eigenvalue weighted by Gasteiger charge is -2.36. The van der Waals surface area contributed by atoms with Crippen LogP contribution in [0.2, 0.25) is 0 Å². The molecule has 11 aromatic rings. The highest BCUT2D eigenvalue weighted by Gasteiger charge is 2.54. The summed E-state index contributed by atoms with van der Waals surface area (Å²) in [7, 11) is 0. The van der Waals surface area contributed by atoms with Gasteiger partial charge < -0.3 is 9.80 Å². The van der Waals surface area contributed by atoms with Gasteiger partial charge in [-0.1, -0.05) is 164 Å². The summed E-state index contributed by atoms with van der Waals surface area (Å²) < 4.78 is 2.58. The molecular formula is C59H38N2S. The number of hydrogen-bond donors (Lipinski definition) is 0. The second kappa shape index (κ2) is 13.7. The molecular weight excluding hydrogens is 769 g/mol. The van der Waals surface area contributed by atoms with E-state index in [9.17, 15) is 0 Å². The summed E-state index contributed by atoms with van der Waals surface area (Å²) >= 11 is 1.88. The molecule has 0 amide bonds. The standard InChI is InChI=1S/C59H38N2S/c1-4-20-40(21-5-1)60(41-22-6-2-7-23-41)54-37-39-19-10-11-26-44(39)56-49-29-13-16-32-51(49)59(57(54)56)50-31-15-12-27-45(50)46-36-35-43(38-52(46)59)61(42-24-8-3-9-25-42)53-33-18-30-48-47-28-14-17-34-55(47)62-58(48)53/h1-38H. The molecule has 2 aliphatic carbocycles. The molecule has 0 bridgehead atoms. The highest BCUT2D eigenvalue weighted by molar-refractivity contribution is 7.26. The molecule has 290 valence electrons. The van der Waals surface area contributed by atoms with Gasteiger partial charge in [-0.3, -0.25) is 0 Å². The van der Waals surface area contributed by atoms with Gasteiger partial charge in [-0.25, -0.2) is 0 Å². The van der Waals surface area contributed by atoms with Crippen LogP contribution >= 0.6 is 11.3 Å². The van der Waals surface area contributed by atoms with Gasteiger partial charge in [0.1, 0.15) is 0 Å². The Morgan fingerprint density at radius 2 is 0.871 bits per heavy atom. The van der Waals surface area contributed by atoms with Crippen LogP contribution in [-0.2, 0) is 5.41 Å². The van der Waals surface area contributed by atoms with E-state index in [1.165, 1.54) is 86.8 Å². The summed E-state index contributed by atoms with van der Waals surface area (Å²) in [5.41, 5.74) is 16.6. The van der Waals surface area contributed by atoms with E-state index in [0.717, 1.165) is 22.7 Å². The molecule has 2 aliphatic rings. The van der Waals surface area contributed by atoms with Crippen LogP contribution in [0.1, 0.15) is 22.3 Å². The first-order valence-electron chi connectivity index (χ1n) is 21.4. The molecule has 0 fully saturated rings. The largest absolute Gasteiger partial charge is 0.310 e. The van der Waals surface area contributed by atoms with Crippen LogP contribution in [0.4, 0.5) is 34.1 Å². The molecule has 0 saturated heterocycles. The van der Waals surface area contributed by atoms with Gasteiger partial charge >= 0.3 is 0 Å². The number of fused-ring (bicyclic) bond motifs is 15. The van der Waals surface area contributed by atoms with Crippen LogP contribution in [0.15, 0.2) is 231 Å². The van der Waals surface area contributed by atoms with Crippen molar-refractivity contribution >= 4 is 76.4 Å². The van der Waals surface area contributed by atoms with Gasteiger partial charge in [0.05, 0.1) is 21.5 Å². The Kier molecular flexibility index (Phi) is 7.72. The maximum Gasteiger partial charge on any atom is 0.0747 e. The number of nitrogens with zero attached hydrogens (tertiary/aromatic N) is 2. The lowest BCUT2D eigenvalue weighted by molar-refractivity contribution is 0.793. The quantitative estimate of drug-likeness (QED) is 0.165. The van der Waals surface area contributed by atoms with Gasteiger partial charge in [-0.05, 0) is 116 Å². The molecule has 62 heavy (non-hydrogen) atoms. The molecule has 0 radical (unpaired) electrons. The SMILES string of the molecule is c1ccc(N(c2ccccc2)c2cc3ccccc3c3c2C2(c4ccccc4-c4ccc(N(c5ccccc5)c5cccc6c5sc5ccccc56)cc42)c2ccccc2-3)cc1. The topological polar surface area (TPSA) is 6.48 Å². The minimum absolute atomic E-state index is 0.638. The molecule has 1 aromatic heterocycles. The summed E-state index contributed by atoms with van der Waals surface area (Å²) in [6, 6.07) is 85.4. The average Bonchev–Trinajstić information content (AvgIpc) is 3.98. The average molecular weight is 807 g/mol. The Morgan fingerprint density at radius 1 is 0.339 bits per heavy atom. The van der Waals surface area contributed by atoms with E-state index >= 15 is 0 Å². The minimum Gasteiger partial charge on any atom is -0.310 e. The third-order valence-corrected chi connectivity index (χ3v) is 14.4. The zero-order valence-corrected chi connectivity index (χ0v) is 34.6. The van der Waals surface area contributed by atoms with Crippen molar-refractivity contribution in [1.82, 2.24) is 0 Å². The molecule has 0 aliphatic heterocycles. The van der Waals surface area contributed by atoms with Crippen LogP contribution in [-0.4, -0.2) is 0 Å². The molecule has 3 heteroatoms. The smallest absolute Gasteiger partial charge is 0.0747 e. The molecule has 2 nitrogen and oxygen atoms in total. The number of hydrogen-bond acceptors (Lipinski definition) is 3. The predicted octanol–water partition coefficient (Wildman–Crippen LogP) is 16.5. The molecule has 1 atom stereocenters. The molecule has 13 rings (SSSR count). The van der Waals surface area contributed by atoms with Crippen molar-refractivity contribution < 1.29 is 0 Å². The highest BCUT2D eigenvalue weighted by atomic mass is 32.1. The second-order valence-corrected chi connectivity index (χ2v) is 17.4. The fourth-order valence-electron chi connectivity index (χ4n) is 10.8. The number of para-hydroxylation sites is 3. The molecule has 10 aromatic carbocycles. The Bertz CT molecular complexity index is 3500. The van der Waals surface area contributed by atoms with E-state index in [2.05, 4.69) is 240 Å². The van der Waals surface area contributed by atoms with Crippen molar-refractivity contribution in [3.05, 3.63) is 253 Å². The van der Waals surface area contributed by atoms with Gasteiger partial charge in [-0.2, -0.15) is 0 Å². The van der Waals surface area contributed by atoms with Crippen molar-refractivity contribution in [2.75, 3.05) is 9.80 Å². The Morgan fingerprint density at radius 3 is 1.58 bits per heavy atom. The Balaban J connectivity index is 1.16. The summed E-state index contributed by atoms with van der Waals surface area (Å²) in [5, 5.41) is 5.06. The Hall–Kier alpha value is -7.72. The van der Waals surface area contributed by atoms with Gasteiger partial charge in [0.25, 0.3) is 0 Å². The van der Waals surface area contributed by atoms with Crippen molar-refractivity contribution in [1.29, 1.82) is 0 Å². The first-order chi connectivity index (χ1) is 30.8. The number of benzene rings is 10. The fraction of sp³-hybridized carbons (Fsp3) is 0.0169. The highest BCUT2D eigenvalue weighted by Crippen LogP contribution is 2.67. The van der Waals surface area contributed by atoms with E-state index in [1.807, 2.05) is 11.3 Å². The van der Waals surface area contributed by atoms with E-state index in [0.29, 0.717) is 0 Å². The first kappa shape index (κ1) is 35.1. The first-order valence-corrected chi connectivity index (χ1v) is 22.2. The second-order valence-electron chi connectivity index (χ2n) is 16.4. The normalized spacial score (nSPS) is 14.5. The van der Waals surface area contributed by atoms with Gasteiger partial charge in [0.2, 0.25) is 0 Å². The van der Waals surface area contributed by atoms with E-state index < -0.39 is 5.41 Å². The fourth-order valence-corrected chi connectivity index (χ4v) is 12.0. The lowest BCUT2D eigenvalue weighted by atomic mass is 9.69. The van der Waals surface area contributed by atoms with Gasteiger partial charge in [-0.15, -0.1) is 11.3 Å². The zero-order chi connectivity index (χ0) is 40.8. The van der Waals surface area contributed by atoms with Crippen LogP contribution in [0, 0.1) is 0 Å². The van der Waals surface area contributed by atoms with Crippen LogP contribution in [0.25, 0.3) is 53.2 Å². The predicted molar refractivity (Wildman–Crippen MR) is 263 cm³/mol. The molecule has 1 unspecified atom stereocenters. The Labute approximate surface area is 364 Å². The van der Waals surface area contributed by atoms with Crippen molar-refractivity contribution in [2.45, 2.75) is 5.41 Å². The number of anilines is 6.